The molecule has 1 aromatic heterocycles. The molecule has 0 spiro atoms. The zero-order valence-electron chi connectivity index (χ0n) is 17.0. The summed E-state index contributed by atoms with van der Waals surface area (Å²) in [6, 6.07) is 12.6. The first-order valence-corrected chi connectivity index (χ1v) is 10.5. The van der Waals surface area contributed by atoms with Gasteiger partial charge in [-0.1, -0.05) is 35.9 Å². The highest BCUT2D eigenvalue weighted by atomic mass is 35.5. The fourth-order valence-electron chi connectivity index (χ4n) is 3.64. The molecule has 5 atom stereocenters. The quantitative estimate of drug-likeness (QED) is 0.442. The van der Waals surface area contributed by atoms with Crippen LogP contribution in [0, 0.1) is 0 Å². The van der Waals surface area contributed by atoms with Crippen molar-refractivity contribution >= 4 is 11.6 Å². The lowest BCUT2D eigenvalue weighted by Crippen LogP contribution is -2.55. The Bertz CT molecular complexity index is 1030. The summed E-state index contributed by atoms with van der Waals surface area (Å²) in [4.78, 5) is 8.04. The molecular weight excluding hydrogens is 436 g/mol. The summed E-state index contributed by atoms with van der Waals surface area (Å²) in [6.45, 7) is -0.481. The summed E-state index contributed by atoms with van der Waals surface area (Å²) in [5, 5.41) is 40.4. The molecule has 1 fully saturated rings. The molecule has 168 valence electrons. The number of halogens is 1. The lowest BCUT2D eigenvalue weighted by molar-refractivity contribution is -0.231. The van der Waals surface area contributed by atoms with Gasteiger partial charge in [-0.05, 0) is 41.3 Å². The Hall–Kier alpha value is -2.59. The lowest BCUT2D eigenvalue weighted by Gasteiger charge is -2.40. The van der Waals surface area contributed by atoms with E-state index < -0.39 is 37.1 Å². The van der Waals surface area contributed by atoms with Crippen LogP contribution in [0.2, 0.25) is 5.02 Å². The number of aromatic nitrogens is 2. The van der Waals surface area contributed by atoms with E-state index in [-0.39, 0.29) is 0 Å². The van der Waals surface area contributed by atoms with Crippen LogP contribution in [-0.2, 0) is 11.2 Å². The second-order valence-electron chi connectivity index (χ2n) is 7.57. The van der Waals surface area contributed by atoms with Crippen LogP contribution in [0.5, 0.6) is 11.6 Å². The first kappa shape index (κ1) is 22.6. The van der Waals surface area contributed by atoms with Gasteiger partial charge in [0.2, 0.25) is 5.88 Å². The molecule has 0 bridgehead atoms. The number of hydrogen-bond acceptors (Lipinski definition) is 8. The minimum Gasteiger partial charge on any atom is -0.438 e. The number of nitrogens with zero attached hydrogens (tertiary/aromatic N) is 2. The Labute approximate surface area is 189 Å². The van der Waals surface area contributed by atoms with Gasteiger partial charge in [0.25, 0.3) is 0 Å². The van der Waals surface area contributed by atoms with E-state index in [2.05, 4.69) is 9.97 Å². The van der Waals surface area contributed by atoms with E-state index in [0.29, 0.717) is 28.6 Å². The highest BCUT2D eigenvalue weighted by Crippen LogP contribution is 2.34. The first-order valence-electron chi connectivity index (χ1n) is 10.1. The molecule has 4 rings (SSSR count). The number of hydrogen-bond donors (Lipinski definition) is 4. The van der Waals surface area contributed by atoms with Crippen molar-refractivity contribution < 1.29 is 29.9 Å². The lowest BCUT2D eigenvalue weighted by atomic mass is 9.90. The van der Waals surface area contributed by atoms with Crippen LogP contribution in [-0.4, -0.2) is 61.4 Å². The van der Waals surface area contributed by atoms with Crippen LogP contribution in [0.15, 0.2) is 61.1 Å². The van der Waals surface area contributed by atoms with Gasteiger partial charge in [-0.2, -0.15) is 0 Å². The van der Waals surface area contributed by atoms with Crippen molar-refractivity contribution in [2.45, 2.75) is 36.9 Å². The number of rotatable bonds is 6. The second kappa shape index (κ2) is 9.91. The minimum absolute atomic E-state index is 0.399. The van der Waals surface area contributed by atoms with Crippen LogP contribution in [0.25, 0.3) is 0 Å². The topological polar surface area (TPSA) is 125 Å². The van der Waals surface area contributed by atoms with Gasteiger partial charge < -0.3 is 29.9 Å². The highest BCUT2D eigenvalue weighted by molar-refractivity contribution is 6.31. The van der Waals surface area contributed by atoms with E-state index in [4.69, 9.17) is 21.1 Å². The molecule has 0 aliphatic carbocycles. The first-order chi connectivity index (χ1) is 15.5. The monoisotopic (exact) mass is 458 g/mol. The second-order valence-corrected chi connectivity index (χ2v) is 7.97. The predicted molar refractivity (Wildman–Crippen MR) is 116 cm³/mol. The van der Waals surface area contributed by atoms with Gasteiger partial charge in [-0.3, -0.25) is 4.98 Å². The third-order valence-corrected chi connectivity index (χ3v) is 5.74. The molecule has 1 aliphatic rings. The Morgan fingerprint density at radius 1 is 0.969 bits per heavy atom. The van der Waals surface area contributed by atoms with Crippen molar-refractivity contribution in [3.8, 4) is 11.6 Å². The zero-order chi connectivity index (χ0) is 22.7. The molecule has 9 heteroatoms. The molecule has 2 heterocycles. The van der Waals surface area contributed by atoms with E-state index in [1.54, 1.807) is 30.6 Å². The Kier molecular flexibility index (Phi) is 7.00. The molecule has 8 nitrogen and oxygen atoms in total. The summed E-state index contributed by atoms with van der Waals surface area (Å²) in [7, 11) is 0. The average Bonchev–Trinajstić information content (AvgIpc) is 2.81. The van der Waals surface area contributed by atoms with Gasteiger partial charge in [-0.15, -0.1) is 0 Å². The van der Waals surface area contributed by atoms with E-state index in [1.807, 2.05) is 24.3 Å². The van der Waals surface area contributed by atoms with E-state index >= 15 is 0 Å². The van der Waals surface area contributed by atoms with Gasteiger partial charge >= 0.3 is 0 Å². The van der Waals surface area contributed by atoms with Crippen LogP contribution in [0.3, 0.4) is 0 Å². The van der Waals surface area contributed by atoms with Gasteiger partial charge in [0.15, 0.2) is 0 Å². The Morgan fingerprint density at radius 3 is 2.44 bits per heavy atom. The number of aliphatic hydroxyl groups is 4. The van der Waals surface area contributed by atoms with Crippen LogP contribution in [0.1, 0.15) is 22.8 Å². The maximum Gasteiger partial charge on any atom is 0.237 e. The fraction of sp³-hybridized carbons (Fsp3) is 0.304. The molecule has 0 saturated carbocycles. The molecular formula is C23H23ClN2O6. The van der Waals surface area contributed by atoms with Crippen molar-refractivity contribution in [2.75, 3.05) is 6.61 Å². The summed E-state index contributed by atoms with van der Waals surface area (Å²) in [5.41, 5.74) is 2.36. The van der Waals surface area contributed by atoms with Crippen LogP contribution >= 0.6 is 11.6 Å². The van der Waals surface area contributed by atoms with E-state index in [0.717, 1.165) is 11.1 Å². The normalized spacial score (nSPS) is 25.5. The van der Waals surface area contributed by atoms with Gasteiger partial charge in [0.05, 0.1) is 12.8 Å². The smallest absolute Gasteiger partial charge is 0.237 e. The molecule has 3 aromatic rings. The molecule has 4 N–H and O–H groups in total. The zero-order valence-corrected chi connectivity index (χ0v) is 17.7. The number of aliphatic hydroxyl groups excluding tert-OH is 4. The summed E-state index contributed by atoms with van der Waals surface area (Å²) < 4.78 is 11.3. The molecule has 1 aliphatic heterocycles. The maximum atomic E-state index is 10.4. The summed E-state index contributed by atoms with van der Waals surface area (Å²) >= 11 is 6.40. The van der Waals surface area contributed by atoms with Crippen molar-refractivity contribution in [2.24, 2.45) is 0 Å². The van der Waals surface area contributed by atoms with Crippen molar-refractivity contribution in [1.82, 2.24) is 9.97 Å². The maximum absolute atomic E-state index is 10.4. The molecule has 1 saturated heterocycles. The Balaban J connectivity index is 1.50. The predicted octanol–water partition coefficient (Wildman–Crippen LogP) is 2.03. The van der Waals surface area contributed by atoms with Crippen molar-refractivity contribution in [1.29, 1.82) is 0 Å². The Morgan fingerprint density at radius 2 is 1.75 bits per heavy atom. The fourth-order valence-corrected chi connectivity index (χ4v) is 3.82. The number of benzene rings is 2. The SMILES string of the molecule is OCC1OC(c2ccc(Cl)c(Cc3ccc(Oc4cnccn4)cc3)c2)[C@H](O)C(O)[C@@H]1O. The van der Waals surface area contributed by atoms with Gasteiger partial charge in [-0.25, -0.2) is 4.98 Å². The van der Waals surface area contributed by atoms with Gasteiger partial charge in [0, 0.05) is 17.4 Å². The summed E-state index contributed by atoms with van der Waals surface area (Å²) in [6.07, 6.45) is -0.921. The molecule has 0 amide bonds. The minimum atomic E-state index is -1.44. The van der Waals surface area contributed by atoms with Crippen LogP contribution < -0.4 is 4.74 Å². The van der Waals surface area contributed by atoms with Gasteiger partial charge in [0.1, 0.15) is 36.3 Å². The van der Waals surface area contributed by atoms with Crippen molar-refractivity contribution in [3.63, 3.8) is 0 Å². The molecule has 0 radical (unpaired) electrons. The third-order valence-electron chi connectivity index (χ3n) is 5.37. The standard InChI is InChI=1S/C23H23ClN2O6/c24-17-6-3-14(23-22(30)21(29)20(28)18(12-27)32-23)10-15(17)9-13-1-4-16(5-2-13)31-19-11-25-7-8-26-19/h1-8,10-11,18,20-23,27-30H,9,12H2/t18?,20-,21?,22-,23?/m1/s1. The molecule has 32 heavy (non-hydrogen) atoms. The highest BCUT2D eigenvalue weighted by Gasteiger charge is 2.44. The number of ether oxygens (including phenoxy) is 2. The van der Waals surface area contributed by atoms with E-state index in [1.165, 1.54) is 6.20 Å². The van der Waals surface area contributed by atoms with Crippen LogP contribution in [0.4, 0.5) is 0 Å². The van der Waals surface area contributed by atoms with Crippen molar-refractivity contribution in [3.05, 3.63) is 82.8 Å². The summed E-state index contributed by atoms with van der Waals surface area (Å²) in [5.74, 6) is 1.02. The molecule has 3 unspecified atom stereocenters. The molecule has 2 aromatic carbocycles. The average molecular weight is 459 g/mol. The largest absolute Gasteiger partial charge is 0.438 e. The van der Waals surface area contributed by atoms with E-state index in [9.17, 15) is 20.4 Å². The third kappa shape index (κ3) is 4.91.